The summed E-state index contributed by atoms with van der Waals surface area (Å²) in [6.07, 6.45) is 4.64. The minimum absolute atomic E-state index is 0.114. The molecule has 2 N–H and O–H groups in total. The molecule has 3 aromatic rings. The molecule has 32 heavy (non-hydrogen) atoms. The highest BCUT2D eigenvalue weighted by Gasteiger charge is 2.24. The second-order valence-corrected chi connectivity index (χ2v) is 7.53. The monoisotopic (exact) mass is 432 g/mol. The van der Waals surface area contributed by atoms with Gasteiger partial charge >= 0.3 is 0 Å². The van der Waals surface area contributed by atoms with Gasteiger partial charge in [0.1, 0.15) is 11.6 Å². The normalized spacial score (nSPS) is 15.8. The number of benzene rings is 1. The van der Waals surface area contributed by atoms with Crippen molar-refractivity contribution in [3.8, 4) is 11.9 Å². The third kappa shape index (κ3) is 4.18. The third-order valence-electron chi connectivity index (χ3n) is 5.42. The zero-order valence-corrected chi connectivity index (χ0v) is 18.0. The molecule has 2 aromatic heterocycles. The van der Waals surface area contributed by atoms with Gasteiger partial charge in [0.15, 0.2) is 0 Å². The number of hydrogen-bond acceptors (Lipinski definition) is 8. The largest absolute Gasteiger partial charge is 0.480 e. The second-order valence-electron chi connectivity index (χ2n) is 7.53. The van der Waals surface area contributed by atoms with Crippen LogP contribution in [0.2, 0.25) is 0 Å². The van der Waals surface area contributed by atoms with E-state index >= 15 is 0 Å². The van der Waals surface area contributed by atoms with E-state index in [2.05, 4.69) is 36.6 Å². The van der Waals surface area contributed by atoms with Crippen molar-refractivity contribution in [3.05, 3.63) is 42.6 Å². The van der Waals surface area contributed by atoms with E-state index in [-0.39, 0.29) is 17.8 Å². The average molecular weight is 432 g/mol. The fourth-order valence-corrected chi connectivity index (χ4v) is 3.87. The van der Waals surface area contributed by atoms with Gasteiger partial charge in [-0.1, -0.05) is 6.58 Å². The molecule has 0 spiro atoms. The maximum Gasteiger partial charge on any atom is 0.247 e. The number of anilines is 3. The van der Waals surface area contributed by atoms with Crippen LogP contribution in [0.1, 0.15) is 18.4 Å². The van der Waals surface area contributed by atoms with Gasteiger partial charge in [0.05, 0.1) is 24.3 Å². The van der Waals surface area contributed by atoms with Crippen LogP contribution in [0.5, 0.6) is 5.88 Å². The van der Waals surface area contributed by atoms with Crippen molar-refractivity contribution in [2.24, 2.45) is 7.05 Å². The van der Waals surface area contributed by atoms with E-state index in [4.69, 9.17) is 15.0 Å². The number of hydrogen-bond donors (Lipinski definition) is 2. The molecule has 1 aliphatic rings. The Morgan fingerprint density at radius 1 is 1.41 bits per heavy atom. The zero-order chi connectivity index (χ0) is 22.7. The fourth-order valence-electron chi connectivity index (χ4n) is 3.87. The van der Waals surface area contributed by atoms with Gasteiger partial charge in [-0.3, -0.25) is 4.79 Å². The predicted molar refractivity (Wildman–Crippen MR) is 122 cm³/mol. The Bertz CT molecular complexity index is 1210. The van der Waals surface area contributed by atoms with Gasteiger partial charge in [-0.05, 0) is 37.1 Å². The lowest BCUT2D eigenvalue weighted by Gasteiger charge is -2.33. The van der Waals surface area contributed by atoms with Crippen molar-refractivity contribution in [2.45, 2.75) is 18.9 Å². The first-order chi connectivity index (χ1) is 15.5. The molecule has 1 aliphatic heterocycles. The highest BCUT2D eigenvalue weighted by molar-refractivity contribution is 6.00. The number of fused-ring (bicyclic) bond motifs is 1. The fraction of sp³-hybridized carbons (Fsp3) is 0.318. The first-order valence-corrected chi connectivity index (χ1v) is 10.2. The minimum atomic E-state index is -0.257. The van der Waals surface area contributed by atoms with E-state index in [1.165, 1.54) is 19.4 Å². The van der Waals surface area contributed by atoms with Crippen molar-refractivity contribution in [3.63, 3.8) is 0 Å². The van der Waals surface area contributed by atoms with E-state index in [9.17, 15) is 4.79 Å². The Kier molecular flexibility index (Phi) is 5.89. The molecule has 1 aromatic carbocycles. The molecule has 10 nitrogen and oxygen atoms in total. The Labute approximate surface area is 185 Å². The van der Waals surface area contributed by atoms with Crippen LogP contribution < -0.4 is 20.3 Å². The molecule has 0 radical (unpaired) electrons. The molecule has 10 heteroatoms. The summed E-state index contributed by atoms with van der Waals surface area (Å²) in [5, 5.41) is 15.2. The Hall–Kier alpha value is -4.13. The van der Waals surface area contributed by atoms with E-state index in [0.29, 0.717) is 17.2 Å². The summed E-state index contributed by atoms with van der Waals surface area (Å²) in [6.45, 7) is 5.09. The van der Waals surface area contributed by atoms with Gasteiger partial charge < -0.3 is 24.8 Å². The predicted octanol–water partition coefficient (Wildman–Crippen LogP) is 2.45. The summed E-state index contributed by atoms with van der Waals surface area (Å²) in [5.74, 6) is 1.29. The van der Waals surface area contributed by atoms with Gasteiger partial charge in [0.2, 0.25) is 23.7 Å². The lowest BCUT2D eigenvalue weighted by molar-refractivity contribution is -0.111. The molecule has 1 amide bonds. The van der Waals surface area contributed by atoms with Gasteiger partial charge in [-0.25, -0.2) is 9.97 Å². The summed E-state index contributed by atoms with van der Waals surface area (Å²) in [5.41, 5.74) is 2.76. The molecule has 0 unspecified atom stereocenters. The molecule has 0 bridgehead atoms. The number of carbonyl (C=O) groups is 1. The van der Waals surface area contributed by atoms with Crippen molar-refractivity contribution in [1.82, 2.24) is 19.5 Å². The molecule has 1 saturated heterocycles. The van der Waals surface area contributed by atoms with Gasteiger partial charge in [0.25, 0.3) is 0 Å². The first-order valence-electron chi connectivity index (χ1n) is 10.2. The molecule has 4 rings (SSSR count). The molecule has 1 atom stereocenters. The molecule has 0 aliphatic carbocycles. The van der Waals surface area contributed by atoms with Crippen molar-refractivity contribution in [2.75, 3.05) is 35.7 Å². The van der Waals surface area contributed by atoms with Crippen molar-refractivity contribution < 1.29 is 9.53 Å². The van der Waals surface area contributed by atoms with Crippen LogP contribution in [0.25, 0.3) is 11.0 Å². The second kappa shape index (κ2) is 8.93. The van der Waals surface area contributed by atoms with Gasteiger partial charge in [0, 0.05) is 31.9 Å². The zero-order valence-electron chi connectivity index (χ0n) is 18.0. The Morgan fingerprint density at radius 2 is 2.25 bits per heavy atom. The smallest absolute Gasteiger partial charge is 0.247 e. The lowest BCUT2D eigenvalue weighted by atomic mass is 10.1. The van der Waals surface area contributed by atoms with Crippen LogP contribution in [0.3, 0.4) is 0 Å². The summed E-state index contributed by atoms with van der Waals surface area (Å²) in [6, 6.07) is 7.79. The number of piperidine rings is 1. The van der Waals surface area contributed by atoms with Gasteiger partial charge in [-0.2, -0.15) is 10.2 Å². The number of aromatic nitrogens is 4. The number of imidazole rings is 1. The molecular weight excluding hydrogens is 408 g/mol. The average Bonchev–Trinajstić information content (AvgIpc) is 3.14. The number of rotatable bonds is 6. The standard InChI is InChI=1S/C22H24N8O2/c1-4-19(31)25-15-7-8-18-17(10-15)27-22(29(18)2)30-9-5-6-16(13-30)26-21-24-12-14(11-23)20(28-21)32-3/h4,7-8,10,12,16H,1,5-6,9,13H2,2-3H3,(H,25,31)(H,24,26,28)/t16-/m1/s1. The summed E-state index contributed by atoms with van der Waals surface area (Å²) in [7, 11) is 3.47. The van der Waals surface area contributed by atoms with Crippen LogP contribution in [0.4, 0.5) is 17.6 Å². The molecule has 3 heterocycles. The van der Waals surface area contributed by atoms with Crippen LogP contribution >= 0.6 is 0 Å². The number of nitrogens with one attached hydrogen (secondary N) is 2. The maximum atomic E-state index is 11.6. The SMILES string of the molecule is C=CC(=O)Nc1ccc2c(c1)nc(N1CCC[C@@H](Nc3ncc(C#N)c(OC)n3)C1)n2C. The maximum absolute atomic E-state index is 11.6. The number of carbonyl (C=O) groups excluding carboxylic acids is 1. The summed E-state index contributed by atoms with van der Waals surface area (Å²) < 4.78 is 7.23. The van der Waals surface area contributed by atoms with E-state index < -0.39 is 0 Å². The highest BCUT2D eigenvalue weighted by Crippen LogP contribution is 2.27. The Morgan fingerprint density at radius 3 is 3.00 bits per heavy atom. The molecule has 0 saturated carbocycles. The number of methoxy groups -OCH3 is 1. The van der Waals surface area contributed by atoms with Crippen LogP contribution in [-0.2, 0) is 11.8 Å². The molecule has 1 fully saturated rings. The molecule has 164 valence electrons. The van der Waals surface area contributed by atoms with Crippen LogP contribution in [0.15, 0.2) is 37.1 Å². The van der Waals surface area contributed by atoms with Crippen LogP contribution in [-0.4, -0.2) is 51.7 Å². The van der Waals surface area contributed by atoms with Crippen LogP contribution in [0, 0.1) is 11.3 Å². The van der Waals surface area contributed by atoms with E-state index in [0.717, 1.165) is 42.9 Å². The van der Waals surface area contributed by atoms with Crippen molar-refractivity contribution >= 4 is 34.5 Å². The number of nitrogens with zero attached hydrogens (tertiary/aromatic N) is 6. The first kappa shape index (κ1) is 21.1. The topological polar surface area (TPSA) is 121 Å². The highest BCUT2D eigenvalue weighted by atomic mass is 16.5. The minimum Gasteiger partial charge on any atom is -0.480 e. The number of nitriles is 1. The van der Waals surface area contributed by atoms with E-state index in [1.807, 2.05) is 31.3 Å². The van der Waals surface area contributed by atoms with Crippen molar-refractivity contribution in [1.29, 1.82) is 5.26 Å². The molecular formula is C22H24N8O2. The number of ether oxygens (including phenoxy) is 1. The number of amides is 1. The summed E-state index contributed by atoms with van der Waals surface area (Å²) >= 11 is 0. The number of aryl methyl sites for hydroxylation is 1. The summed E-state index contributed by atoms with van der Waals surface area (Å²) in [4.78, 5) is 27.2. The Balaban J connectivity index is 1.53. The van der Waals surface area contributed by atoms with E-state index in [1.54, 1.807) is 0 Å². The lowest BCUT2D eigenvalue weighted by Crippen LogP contribution is -2.43. The third-order valence-corrected chi connectivity index (χ3v) is 5.42. The van der Waals surface area contributed by atoms with Gasteiger partial charge in [-0.15, -0.1) is 0 Å². The quantitative estimate of drug-likeness (QED) is 0.570.